The molecule has 0 atom stereocenters. The van der Waals surface area contributed by atoms with Gasteiger partial charge in [0.1, 0.15) is 5.75 Å². The number of fused-ring (bicyclic) bond motifs is 2. The highest BCUT2D eigenvalue weighted by Crippen LogP contribution is 2.27. The maximum Gasteiger partial charge on any atom is 0.262 e. The molecule has 4 aromatic carbocycles. The summed E-state index contributed by atoms with van der Waals surface area (Å²) in [7, 11) is -3.59. The molecular weight excluding hydrogens is 460 g/mol. The van der Waals surface area contributed by atoms with Crippen molar-refractivity contribution in [3.05, 3.63) is 102 Å². The van der Waals surface area contributed by atoms with E-state index in [0.717, 1.165) is 27.5 Å². The fourth-order valence-electron chi connectivity index (χ4n) is 4.28. The lowest BCUT2D eigenvalue weighted by Gasteiger charge is -2.28. The minimum absolute atomic E-state index is 0.122. The third-order valence-corrected chi connectivity index (χ3v) is 8.08. The van der Waals surface area contributed by atoms with Crippen molar-refractivity contribution in [2.45, 2.75) is 24.8 Å². The first kappa shape index (κ1) is 23.1. The summed E-state index contributed by atoms with van der Waals surface area (Å²) in [5, 5.41) is 5.01. The van der Waals surface area contributed by atoms with Gasteiger partial charge < -0.3 is 10.1 Å². The minimum atomic E-state index is -3.59. The number of ether oxygens (including phenoxy) is 1. The van der Waals surface area contributed by atoms with E-state index in [0.29, 0.717) is 29.3 Å². The minimum Gasteiger partial charge on any atom is -0.484 e. The quantitative estimate of drug-likeness (QED) is 0.420. The van der Waals surface area contributed by atoms with E-state index in [1.165, 1.54) is 4.31 Å². The number of carbonyl (C=O) groups is 1. The molecule has 0 saturated carbocycles. The molecule has 0 saturated heterocycles. The van der Waals surface area contributed by atoms with E-state index < -0.39 is 10.0 Å². The zero-order chi connectivity index (χ0) is 24.4. The molecule has 0 spiro atoms. The number of nitrogens with zero attached hydrogens (tertiary/aromatic N) is 1. The van der Waals surface area contributed by atoms with Gasteiger partial charge in [0.05, 0.1) is 4.90 Å². The highest BCUT2D eigenvalue weighted by molar-refractivity contribution is 7.89. The molecule has 6 nitrogen and oxygen atoms in total. The normalized spacial score (nSPS) is 13.9. The Kier molecular flexibility index (Phi) is 6.28. The maximum absolute atomic E-state index is 13.1. The number of rotatable bonds is 6. The monoisotopic (exact) mass is 486 g/mol. The van der Waals surface area contributed by atoms with Crippen molar-refractivity contribution in [1.82, 2.24) is 4.31 Å². The number of hydrogen-bond donors (Lipinski definition) is 1. The van der Waals surface area contributed by atoms with E-state index in [1.807, 2.05) is 67.6 Å². The van der Waals surface area contributed by atoms with Crippen LogP contribution in [0.1, 0.15) is 16.7 Å². The van der Waals surface area contributed by atoms with Gasteiger partial charge >= 0.3 is 0 Å². The van der Waals surface area contributed by atoms with Gasteiger partial charge in [-0.3, -0.25) is 4.79 Å². The van der Waals surface area contributed by atoms with Crippen LogP contribution in [0.4, 0.5) is 5.69 Å². The van der Waals surface area contributed by atoms with Crippen molar-refractivity contribution < 1.29 is 17.9 Å². The number of carbonyl (C=O) groups excluding carboxylic acids is 1. The van der Waals surface area contributed by atoms with Gasteiger partial charge in [-0.25, -0.2) is 8.42 Å². The van der Waals surface area contributed by atoms with E-state index in [-0.39, 0.29) is 19.1 Å². The van der Waals surface area contributed by atoms with Crippen LogP contribution in [0.2, 0.25) is 0 Å². The predicted molar refractivity (Wildman–Crippen MR) is 137 cm³/mol. The van der Waals surface area contributed by atoms with Gasteiger partial charge in [-0.2, -0.15) is 4.31 Å². The van der Waals surface area contributed by atoms with Crippen molar-refractivity contribution in [1.29, 1.82) is 0 Å². The first-order valence-electron chi connectivity index (χ1n) is 11.5. The molecule has 0 radical (unpaired) electrons. The molecule has 0 aromatic heterocycles. The molecule has 0 unspecified atom stereocenters. The zero-order valence-corrected chi connectivity index (χ0v) is 20.2. The van der Waals surface area contributed by atoms with Crippen molar-refractivity contribution in [2.24, 2.45) is 0 Å². The van der Waals surface area contributed by atoms with Crippen LogP contribution in [-0.2, 0) is 27.8 Å². The number of nitrogens with one attached hydrogen (secondary N) is 1. The van der Waals surface area contributed by atoms with Crippen LogP contribution in [0, 0.1) is 6.92 Å². The number of anilines is 1. The summed E-state index contributed by atoms with van der Waals surface area (Å²) in [6, 6.07) is 26.2. The lowest BCUT2D eigenvalue weighted by Crippen LogP contribution is -2.36. The van der Waals surface area contributed by atoms with Gasteiger partial charge in [0.2, 0.25) is 10.0 Å². The molecule has 5 rings (SSSR count). The Hall–Kier alpha value is -3.68. The molecule has 1 aliphatic heterocycles. The number of aryl methyl sites for hydroxylation is 1. The van der Waals surface area contributed by atoms with Gasteiger partial charge in [-0.05, 0) is 71.6 Å². The molecule has 4 aromatic rings. The van der Waals surface area contributed by atoms with E-state index in [2.05, 4.69) is 5.32 Å². The second-order valence-electron chi connectivity index (χ2n) is 8.73. The van der Waals surface area contributed by atoms with Crippen LogP contribution >= 0.6 is 0 Å². The largest absolute Gasteiger partial charge is 0.484 e. The Morgan fingerprint density at radius 3 is 2.49 bits per heavy atom. The van der Waals surface area contributed by atoms with Crippen LogP contribution in [0.3, 0.4) is 0 Å². The van der Waals surface area contributed by atoms with E-state index in [1.54, 1.807) is 24.3 Å². The van der Waals surface area contributed by atoms with Crippen molar-refractivity contribution in [2.75, 3.05) is 18.5 Å². The molecule has 1 amide bonds. The van der Waals surface area contributed by atoms with Gasteiger partial charge in [-0.15, -0.1) is 0 Å². The van der Waals surface area contributed by atoms with E-state index >= 15 is 0 Å². The molecule has 0 bridgehead atoms. The van der Waals surface area contributed by atoms with Crippen LogP contribution in [0.5, 0.6) is 5.75 Å². The first-order valence-corrected chi connectivity index (χ1v) is 12.9. The maximum atomic E-state index is 13.1. The molecule has 35 heavy (non-hydrogen) atoms. The van der Waals surface area contributed by atoms with Crippen LogP contribution in [0.15, 0.2) is 89.8 Å². The number of benzene rings is 4. The molecule has 1 aliphatic rings. The second kappa shape index (κ2) is 9.52. The van der Waals surface area contributed by atoms with E-state index in [4.69, 9.17) is 4.74 Å². The summed E-state index contributed by atoms with van der Waals surface area (Å²) < 4.78 is 33.4. The molecule has 178 valence electrons. The Bertz CT molecular complexity index is 1500. The highest BCUT2D eigenvalue weighted by Gasteiger charge is 2.28. The Morgan fingerprint density at radius 2 is 1.69 bits per heavy atom. The van der Waals surface area contributed by atoms with Gasteiger partial charge in [0.15, 0.2) is 6.61 Å². The average molecular weight is 487 g/mol. The molecule has 1 N–H and O–H groups in total. The van der Waals surface area contributed by atoms with Crippen molar-refractivity contribution in [3.63, 3.8) is 0 Å². The van der Waals surface area contributed by atoms with Crippen molar-refractivity contribution >= 4 is 32.4 Å². The lowest BCUT2D eigenvalue weighted by molar-refractivity contribution is -0.118. The summed E-state index contributed by atoms with van der Waals surface area (Å²) >= 11 is 0. The molecular formula is C28H26N2O4S. The Morgan fingerprint density at radius 1 is 0.914 bits per heavy atom. The third-order valence-electron chi connectivity index (χ3n) is 6.22. The molecule has 0 aliphatic carbocycles. The standard InChI is InChI=1S/C28H26N2O4S/c1-20-6-12-27(13-7-20)35(32,33)30-15-14-22-8-10-25(16-24(22)18-30)29-28(31)19-34-26-11-9-21-4-2-3-5-23(21)17-26/h2-13,16-17H,14-15,18-19H2,1H3,(H,29,31). The number of sulfonamides is 1. The Labute approximate surface area is 205 Å². The summed E-state index contributed by atoms with van der Waals surface area (Å²) in [5.41, 5.74) is 3.61. The number of amides is 1. The average Bonchev–Trinajstić information content (AvgIpc) is 2.87. The summed E-state index contributed by atoms with van der Waals surface area (Å²) in [5.74, 6) is 0.347. The van der Waals surface area contributed by atoms with Crippen LogP contribution in [0.25, 0.3) is 10.8 Å². The number of hydrogen-bond acceptors (Lipinski definition) is 4. The predicted octanol–water partition coefficient (Wildman–Crippen LogP) is 4.91. The Balaban J connectivity index is 1.24. The zero-order valence-electron chi connectivity index (χ0n) is 19.4. The van der Waals surface area contributed by atoms with E-state index in [9.17, 15) is 13.2 Å². The molecule has 7 heteroatoms. The summed E-state index contributed by atoms with van der Waals surface area (Å²) in [4.78, 5) is 12.8. The summed E-state index contributed by atoms with van der Waals surface area (Å²) in [6.45, 7) is 2.50. The van der Waals surface area contributed by atoms with Gasteiger partial charge in [0.25, 0.3) is 5.91 Å². The van der Waals surface area contributed by atoms with Crippen molar-refractivity contribution in [3.8, 4) is 5.75 Å². The lowest BCUT2D eigenvalue weighted by atomic mass is 10.0. The SMILES string of the molecule is Cc1ccc(S(=O)(=O)N2CCc3ccc(NC(=O)COc4ccc5ccccc5c4)cc3C2)cc1. The first-order chi connectivity index (χ1) is 16.9. The van der Waals surface area contributed by atoms with Crippen LogP contribution in [-0.4, -0.2) is 31.8 Å². The smallest absolute Gasteiger partial charge is 0.262 e. The van der Waals surface area contributed by atoms with Crippen LogP contribution < -0.4 is 10.1 Å². The fraction of sp³-hybridized carbons (Fsp3) is 0.179. The molecule has 0 fully saturated rings. The van der Waals surface area contributed by atoms with Gasteiger partial charge in [0, 0.05) is 18.8 Å². The second-order valence-corrected chi connectivity index (χ2v) is 10.7. The topological polar surface area (TPSA) is 75.7 Å². The summed E-state index contributed by atoms with van der Waals surface area (Å²) in [6.07, 6.45) is 0.625. The van der Waals surface area contributed by atoms with Gasteiger partial charge in [-0.1, -0.05) is 54.1 Å². The highest BCUT2D eigenvalue weighted by atomic mass is 32.2. The molecule has 1 heterocycles. The third kappa shape index (κ3) is 5.06. The fourth-order valence-corrected chi connectivity index (χ4v) is 5.70.